The molecule has 10 atom stereocenters. The van der Waals surface area contributed by atoms with Crippen LogP contribution in [0.1, 0.15) is 12.6 Å². The molecule has 2 aromatic rings. The van der Waals surface area contributed by atoms with Crippen LogP contribution in [0, 0.1) is 0 Å². The van der Waals surface area contributed by atoms with Crippen LogP contribution in [-0.2, 0) is 41.3 Å². The monoisotopic (exact) mass is 763 g/mol. The quantitative estimate of drug-likeness (QED) is 0.0984. The third-order valence-corrected chi connectivity index (χ3v) is 9.48. The van der Waals surface area contributed by atoms with E-state index in [9.17, 15) is 44.1 Å². The number of rotatable bonds is 11. The van der Waals surface area contributed by atoms with E-state index in [-0.39, 0.29) is 29.0 Å². The Bertz CT molecular complexity index is 1710. The standard InChI is InChI=1S/C21H29N7O14P2.H3O4P/c22-17-12-19(25-7-24-17)28(8-26-12)21-16(32)14(30)11(41-21)6-39-44(36,37)42-43(34,35)38-5-10-13(29)15(31)20(40-10)27-3-1-2-9(4-27)18(23)33;1-5(2,3)4/h1,3-4,7-8,10-11,13-16,20-21,29-32H,2,5-6H2,(H2,23,33)(H,34,35)(H,36,37)(H2,22,24,25);(H3,1,2,3,4)/t10-,11-,13-,14-,15-,16-,20-,21-;/m1./s1. The number of nitrogen functional groups attached to an aromatic ring is 1. The lowest BCUT2D eigenvalue weighted by atomic mass is 10.1. The predicted octanol–water partition coefficient (Wildman–Crippen LogP) is -3.61. The summed E-state index contributed by atoms with van der Waals surface area (Å²) < 4.78 is 59.7. The van der Waals surface area contributed by atoms with Crippen LogP contribution in [0.4, 0.5) is 5.82 Å². The van der Waals surface area contributed by atoms with Gasteiger partial charge in [0.2, 0.25) is 5.91 Å². The summed E-state index contributed by atoms with van der Waals surface area (Å²) >= 11 is 0. The minimum absolute atomic E-state index is 0.0517. The van der Waals surface area contributed by atoms with Gasteiger partial charge in [-0.1, -0.05) is 6.08 Å². The van der Waals surface area contributed by atoms with Gasteiger partial charge in [-0.3, -0.25) is 18.4 Å². The predicted molar refractivity (Wildman–Crippen MR) is 156 cm³/mol. The van der Waals surface area contributed by atoms with Crippen LogP contribution >= 0.6 is 23.5 Å². The van der Waals surface area contributed by atoms with Crippen LogP contribution in [0.25, 0.3) is 11.2 Å². The highest BCUT2D eigenvalue weighted by molar-refractivity contribution is 7.61. The van der Waals surface area contributed by atoms with Gasteiger partial charge in [0, 0.05) is 18.0 Å². The Labute approximate surface area is 274 Å². The second kappa shape index (κ2) is 15.2. The smallest absolute Gasteiger partial charge is 0.387 e. The van der Waals surface area contributed by atoms with Gasteiger partial charge in [0.15, 0.2) is 23.9 Å². The lowest BCUT2D eigenvalue weighted by Gasteiger charge is -2.28. The highest BCUT2D eigenvalue weighted by atomic mass is 31.3. The Morgan fingerprint density at radius 3 is 1.96 bits per heavy atom. The van der Waals surface area contributed by atoms with E-state index in [1.54, 1.807) is 6.08 Å². The molecule has 0 spiro atoms. The van der Waals surface area contributed by atoms with E-state index in [0.29, 0.717) is 0 Å². The van der Waals surface area contributed by atoms with Crippen molar-refractivity contribution in [3.8, 4) is 0 Å². The summed E-state index contributed by atoms with van der Waals surface area (Å²) in [6.07, 6.45) is -4.88. The van der Waals surface area contributed by atoms with E-state index < -0.39 is 91.7 Å². The van der Waals surface area contributed by atoms with Crippen LogP contribution in [0.2, 0.25) is 0 Å². The highest BCUT2D eigenvalue weighted by Crippen LogP contribution is 2.60. The second-order valence-corrected chi connectivity index (χ2v) is 14.4. The normalized spacial score (nSPS) is 31.1. The minimum atomic E-state index is -5.37. The van der Waals surface area contributed by atoms with Crippen molar-refractivity contribution < 1.29 is 86.2 Å². The summed E-state index contributed by atoms with van der Waals surface area (Å²) in [7, 11) is -15.4. The Morgan fingerprint density at radius 2 is 1.41 bits per heavy atom. The molecule has 2 unspecified atom stereocenters. The maximum atomic E-state index is 12.4. The van der Waals surface area contributed by atoms with Gasteiger partial charge < -0.3 is 70.7 Å². The summed E-state index contributed by atoms with van der Waals surface area (Å²) in [5, 5.41) is 41.6. The number of phosphoric acid groups is 3. The zero-order valence-electron chi connectivity index (χ0n) is 24.6. The molecule has 1 amide bonds. The van der Waals surface area contributed by atoms with Crippen molar-refractivity contribution in [2.24, 2.45) is 5.73 Å². The molecule has 274 valence electrons. The molecule has 28 heteroatoms. The lowest BCUT2D eigenvalue weighted by Crippen LogP contribution is -2.40. The molecule has 5 heterocycles. The van der Waals surface area contributed by atoms with Crippen molar-refractivity contribution in [2.45, 2.75) is 55.5 Å². The van der Waals surface area contributed by atoms with Crippen molar-refractivity contribution in [1.82, 2.24) is 24.4 Å². The van der Waals surface area contributed by atoms with Gasteiger partial charge in [-0.15, -0.1) is 0 Å². The number of carbonyl (C=O) groups excluding carboxylic acids is 1. The van der Waals surface area contributed by atoms with Gasteiger partial charge in [-0.2, -0.15) is 4.31 Å². The second-order valence-electron chi connectivity index (χ2n) is 10.4. The molecule has 2 saturated heterocycles. The molecule has 13 N–H and O–H groups in total. The summed E-state index contributed by atoms with van der Waals surface area (Å²) in [6.45, 7) is -1.79. The average Bonchev–Trinajstić information content (AvgIpc) is 3.64. The summed E-state index contributed by atoms with van der Waals surface area (Å²) in [4.78, 5) is 66.2. The van der Waals surface area contributed by atoms with E-state index in [2.05, 4.69) is 19.3 Å². The third-order valence-electron chi connectivity index (χ3n) is 6.88. The molecule has 3 aliphatic heterocycles. The van der Waals surface area contributed by atoms with Crippen LogP contribution in [0.15, 0.2) is 36.7 Å². The van der Waals surface area contributed by atoms with Crippen LogP contribution in [-0.4, -0.2) is 131 Å². The number of allylic oxidation sites excluding steroid dienone is 1. The van der Waals surface area contributed by atoms with Crippen molar-refractivity contribution in [3.63, 3.8) is 0 Å². The van der Waals surface area contributed by atoms with E-state index in [4.69, 9.17) is 49.2 Å². The third kappa shape index (κ3) is 9.94. The topological polar surface area (TPSA) is 395 Å². The maximum absolute atomic E-state index is 12.4. The van der Waals surface area contributed by atoms with E-state index in [1.165, 1.54) is 28.2 Å². The van der Waals surface area contributed by atoms with Gasteiger partial charge >= 0.3 is 23.5 Å². The molecule has 0 aliphatic carbocycles. The summed E-state index contributed by atoms with van der Waals surface area (Å²) in [5.74, 6) is -0.658. The number of phosphoric ester groups is 2. The van der Waals surface area contributed by atoms with E-state index in [0.717, 1.165) is 6.33 Å². The molecule has 3 aliphatic rings. The lowest BCUT2D eigenvalue weighted by molar-refractivity contribution is -0.115. The van der Waals surface area contributed by atoms with Gasteiger partial charge in [0.05, 0.1) is 19.5 Å². The number of hydrogen-bond donors (Lipinski definition) is 11. The molecule has 49 heavy (non-hydrogen) atoms. The maximum Gasteiger partial charge on any atom is 0.481 e. The fraction of sp³-hybridized carbons (Fsp3) is 0.524. The first-order chi connectivity index (χ1) is 22.7. The number of anilines is 1. The molecule has 0 radical (unpaired) electrons. The molecular formula is C21H32N7O18P3. The number of amides is 1. The van der Waals surface area contributed by atoms with Crippen LogP contribution in [0.3, 0.4) is 0 Å². The van der Waals surface area contributed by atoms with E-state index >= 15 is 0 Å². The van der Waals surface area contributed by atoms with Gasteiger partial charge in [0.1, 0.15) is 48.5 Å². The highest BCUT2D eigenvalue weighted by Gasteiger charge is 2.48. The first-order valence-electron chi connectivity index (χ1n) is 13.5. The van der Waals surface area contributed by atoms with Gasteiger partial charge in [-0.05, 0) is 6.42 Å². The Kier molecular flexibility index (Phi) is 12.1. The number of aliphatic hydroxyl groups is 4. The van der Waals surface area contributed by atoms with Crippen molar-refractivity contribution >= 4 is 46.4 Å². The Balaban J connectivity index is 0.00000101. The average molecular weight is 763 g/mol. The van der Waals surface area contributed by atoms with Gasteiger partial charge in [0.25, 0.3) is 0 Å². The first kappa shape index (κ1) is 39.0. The number of hydrogen-bond acceptors (Lipinski definition) is 18. The molecule has 2 aromatic heterocycles. The molecule has 0 bridgehead atoms. The first-order valence-corrected chi connectivity index (χ1v) is 18.1. The number of primary amides is 1. The van der Waals surface area contributed by atoms with Crippen LogP contribution in [0.5, 0.6) is 0 Å². The zero-order valence-corrected chi connectivity index (χ0v) is 27.2. The van der Waals surface area contributed by atoms with E-state index in [1.807, 2.05) is 0 Å². The molecule has 2 fully saturated rings. The fourth-order valence-corrected chi connectivity index (χ4v) is 6.77. The summed E-state index contributed by atoms with van der Waals surface area (Å²) in [5.41, 5.74) is 11.6. The molecule has 5 rings (SSSR count). The minimum Gasteiger partial charge on any atom is -0.387 e. The fourth-order valence-electron chi connectivity index (χ4n) is 4.68. The number of nitrogens with zero attached hydrogens (tertiary/aromatic N) is 5. The van der Waals surface area contributed by atoms with Crippen molar-refractivity contribution in [2.75, 3.05) is 18.9 Å². The number of fused-ring (bicyclic) bond motifs is 1. The zero-order chi connectivity index (χ0) is 36.5. The molecule has 0 saturated carbocycles. The largest absolute Gasteiger partial charge is 0.481 e. The molecule has 25 nitrogen and oxygen atoms in total. The SMILES string of the molecule is NC(=O)C1=CN([C@@H]2O[C@H](COP(=O)(O)OP(=O)(O)OC[C@H]3O[C@@H](n4cnc5c(N)ncnc54)[C@H](O)[C@@H]3O)[C@@H](O)[C@H]2O)C=CC1.O=P(O)(O)O. The molecular weight excluding hydrogens is 731 g/mol. The number of imidazole rings is 1. The number of aliphatic hydroxyl groups excluding tert-OH is 4. The summed E-state index contributed by atoms with van der Waals surface area (Å²) in [6, 6.07) is 0. The van der Waals surface area contributed by atoms with Gasteiger partial charge in [-0.25, -0.2) is 28.6 Å². The van der Waals surface area contributed by atoms with Crippen LogP contribution < -0.4 is 11.5 Å². The number of carbonyl (C=O) groups is 1. The Hall–Kier alpha value is -2.77. The molecule has 0 aromatic carbocycles. The van der Waals surface area contributed by atoms with Crippen molar-refractivity contribution in [1.29, 1.82) is 0 Å². The van der Waals surface area contributed by atoms with Crippen molar-refractivity contribution in [3.05, 3.63) is 36.7 Å². The number of ether oxygens (including phenoxy) is 2. The number of nitrogens with two attached hydrogens (primary N) is 2. The number of aromatic nitrogens is 4. The Morgan fingerprint density at radius 1 is 0.878 bits per heavy atom.